The number of carbonyl (C=O) groups excluding carboxylic acids is 1. The smallest absolute Gasteiger partial charge is 0.279 e. The van der Waals surface area contributed by atoms with Crippen molar-refractivity contribution >= 4 is 43.2 Å². The van der Waals surface area contributed by atoms with Gasteiger partial charge in [-0.05, 0) is 57.0 Å². The molecule has 12 heteroatoms. The van der Waals surface area contributed by atoms with E-state index in [1.165, 1.54) is 52.0 Å². The van der Waals surface area contributed by atoms with Crippen LogP contribution in [0.5, 0.6) is 0 Å². The fourth-order valence-corrected chi connectivity index (χ4v) is 6.99. The summed E-state index contributed by atoms with van der Waals surface area (Å²) < 4.78 is 35.6. The van der Waals surface area contributed by atoms with Gasteiger partial charge in [-0.15, -0.1) is 0 Å². The summed E-state index contributed by atoms with van der Waals surface area (Å²) in [5.41, 5.74) is 0.793. The number of non-ortho nitro benzene ring substituents is 1. The van der Waals surface area contributed by atoms with Crippen molar-refractivity contribution in [2.45, 2.75) is 50.6 Å². The number of amides is 1. The van der Waals surface area contributed by atoms with Gasteiger partial charge in [0.1, 0.15) is 0 Å². The molecule has 1 aliphatic rings. The number of rotatable bonds is 8. The van der Waals surface area contributed by atoms with Crippen molar-refractivity contribution < 1.29 is 22.9 Å². The molecule has 0 N–H and O–H groups in total. The molecule has 1 saturated heterocycles. The van der Waals surface area contributed by atoms with Crippen LogP contribution in [0.3, 0.4) is 0 Å². The van der Waals surface area contributed by atoms with Crippen molar-refractivity contribution in [1.82, 2.24) is 8.87 Å². The van der Waals surface area contributed by atoms with Crippen molar-refractivity contribution in [2.75, 3.05) is 19.8 Å². The van der Waals surface area contributed by atoms with Crippen molar-refractivity contribution in [1.29, 1.82) is 0 Å². The van der Waals surface area contributed by atoms with Crippen LogP contribution >= 0.6 is 11.3 Å². The van der Waals surface area contributed by atoms with Gasteiger partial charge in [-0.25, -0.2) is 8.42 Å². The molecule has 0 saturated carbocycles. The van der Waals surface area contributed by atoms with Gasteiger partial charge in [0, 0.05) is 43.4 Å². The number of piperidine rings is 1. The van der Waals surface area contributed by atoms with E-state index in [0.717, 1.165) is 24.0 Å². The first-order valence-electron chi connectivity index (χ1n) is 11.8. The molecule has 1 fully saturated rings. The molecular weight excluding hydrogens is 504 g/mol. The van der Waals surface area contributed by atoms with Crippen LogP contribution in [0.15, 0.2) is 52.4 Å². The average molecular weight is 533 g/mol. The van der Waals surface area contributed by atoms with Crippen LogP contribution in [0.1, 0.15) is 43.5 Å². The van der Waals surface area contributed by atoms with Gasteiger partial charge >= 0.3 is 0 Å². The summed E-state index contributed by atoms with van der Waals surface area (Å²) in [6.07, 6.45) is 2.68. The van der Waals surface area contributed by atoms with Gasteiger partial charge in [0.2, 0.25) is 10.0 Å². The van der Waals surface area contributed by atoms with Crippen LogP contribution < -0.4 is 4.80 Å². The van der Waals surface area contributed by atoms with E-state index in [4.69, 9.17) is 4.74 Å². The minimum Gasteiger partial charge on any atom is -0.380 e. The number of sulfonamides is 1. The van der Waals surface area contributed by atoms with Gasteiger partial charge in [0.25, 0.3) is 11.6 Å². The second kappa shape index (κ2) is 11.0. The number of nitro benzene ring substituents is 1. The quantitative estimate of drug-likeness (QED) is 0.246. The average Bonchev–Trinajstić information content (AvgIpc) is 3.20. The Bertz CT molecular complexity index is 1440. The number of hydrogen-bond acceptors (Lipinski definition) is 7. The first kappa shape index (κ1) is 26.1. The van der Waals surface area contributed by atoms with E-state index in [2.05, 4.69) is 4.99 Å². The molecule has 4 rings (SSSR count). The van der Waals surface area contributed by atoms with Gasteiger partial charge in [0.15, 0.2) is 4.80 Å². The molecule has 2 heterocycles. The second-order valence-corrected chi connectivity index (χ2v) is 11.4. The lowest BCUT2D eigenvalue weighted by Crippen LogP contribution is -2.41. The normalized spacial score (nSPS) is 17.5. The Labute approximate surface area is 213 Å². The number of hydrogen-bond donors (Lipinski definition) is 0. The lowest BCUT2D eigenvalue weighted by atomic mass is 10.1. The minimum atomic E-state index is -3.64. The number of benzene rings is 2. The second-order valence-electron chi connectivity index (χ2n) is 8.54. The highest BCUT2D eigenvalue weighted by Crippen LogP contribution is 2.26. The maximum atomic E-state index is 13.1. The van der Waals surface area contributed by atoms with Crippen LogP contribution in [0, 0.1) is 10.1 Å². The number of carbonyl (C=O) groups is 1. The predicted molar refractivity (Wildman–Crippen MR) is 137 cm³/mol. The third kappa shape index (κ3) is 5.41. The van der Waals surface area contributed by atoms with E-state index < -0.39 is 20.9 Å². The highest BCUT2D eigenvalue weighted by molar-refractivity contribution is 7.89. The first-order valence-corrected chi connectivity index (χ1v) is 14.0. The molecule has 192 valence electrons. The Hall–Kier alpha value is -2.93. The molecule has 0 spiro atoms. The lowest BCUT2D eigenvalue weighted by Gasteiger charge is -2.32. The third-order valence-corrected chi connectivity index (χ3v) is 9.27. The number of aromatic nitrogens is 1. The van der Waals surface area contributed by atoms with Crippen LogP contribution in [0.2, 0.25) is 0 Å². The van der Waals surface area contributed by atoms with E-state index in [0.29, 0.717) is 36.6 Å². The standard InChI is InChI=1S/C24H28N4O6S2/c1-3-34-15-14-26-21-16-19(28(30)31)9-12-22(21)35-24(26)25-23(29)18-7-10-20(11-8-18)36(32,33)27-13-5-4-6-17(27)2/h7-12,16-17H,3-6,13-15H2,1-2H3. The Morgan fingerprint density at radius 1 is 1.22 bits per heavy atom. The largest absolute Gasteiger partial charge is 0.380 e. The fraction of sp³-hybridized carbons (Fsp3) is 0.417. The topological polar surface area (TPSA) is 124 Å². The molecule has 0 bridgehead atoms. The molecule has 10 nitrogen and oxygen atoms in total. The van der Waals surface area contributed by atoms with Crippen molar-refractivity contribution in [2.24, 2.45) is 4.99 Å². The number of nitro groups is 1. The molecule has 3 aromatic rings. The Morgan fingerprint density at radius 2 is 1.97 bits per heavy atom. The van der Waals surface area contributed by atoms with E-state index in [-0.39, 0.29) is 22.2 Å². The zero-order valence-electron chi connectivity index (χ0n) is 20.1. The maximum absolute atomic E-state index is 13.1. The molecule has 0 aliphatic carbocycles. The zero-order chi connectivity index (χ0) is 25.9. The van der Waals surface area contributed by atoms with Crippen LogP contribution in [0.25, 0.3) is 10.2 Å². The lowest BCUT2D eigenvalue weighted by molar-refractivity contribution is -0.384. The van der Waals surface area contributed by atoms with Gasteiger partial charge in [-0.2, -0.15) is 9.30 Å². The van der Waals surface area contributed by atoms with Gasteiger partial charge in [-0.3, -0.25) is 14.9 Å². The summed E-state index contributed by atoms with van der Waals surface area (Å²) in [7, 11) is -3.64. The molecule has 1 aliphatic heterocycles. The number of ether oxygens (including phenoxy) is 1. The molecule has 2 aromatic carbocycles. The van der Waals surface area contributed by atoms with E-state index in [9.17, 15) is 23.3 Å². The highest BCUT2D eigenvalue weighted by Gasteiger charge is 2.31. The van der Waals surface area contributed by atoms with Crippen LogP contribution in [-0.4, -0.2) is 53.9 Å². The molecule has 1 amide bonds. The number of nitrogens with zero attached hydrogens (tertiary/aromatic N) is 4. The summed E-state index contributed by atoms with van der Waals surface area (Å²) in [6.45, 7) is 5.50. The SMILES string of the molecule is CCOCCn1c(=NC(=O)c2ccc(S(=O)(=O)N3CCCCC3C)cc2)sc2ccc([N+](=O)[O-])cc21. The van der Waals surface area contributed by atoms with E-state index in [1.807, 2.05) is 13.8 Å². The van der Waals surface area contributed by atoms with Crippen molar-refractivity contribution in [3.05, 3.63) is 62.9 Å². The van der Waals surface area contributed by atoms with Gasteiger partial charge < -0.3 is 9.30 Å². The summed E-state index contributed by atoms with van der Waals surface area (Å²) >= 11 is 1.25. The molecule has 36 heavy (non-hydrogen) atoms. The first-order chi connectivity index (χ1) is 17.2. The van der Waals surface area contributed by atoms with Gasteiger partial charge in [-0.1, -0.05) is 17.8 Å². The van der Waals surface area contributed by atoms with E-state index in [1.54, 1.807) is 10.6 Å². The van der Waals surface area contributed by atoms with Crippen LogP contribution in [0.4, 0.5) is 5.69 Å². The minimum absolute atomic E-state index is 0.0526. The Balaban J connectivity index is 1.66. The summed E-state index contributed by atoms with van der Waals surface area (Å²) in [5.74, 6) is -0.531. The van der Waals surface area contributed by atoms with E-state index >= 15 is 0 Å². The number of fused-ring (bicyclic) bond motifs is 1. The summed E-state index contributed by atoms with van der Waals surface area (Å²) in [5, 5.41) is 11.3. The highest BCUT2D eigenvalue weighted by atomic mass is 32.2. The molecule has 1 atom stereocenters. The fourth-order valence-electron chi connectivity index (χ4n) is 4.26. The predicted octanol–water partition coefficient (Wildman–Crippen LogP) is 3.95. The molecular formula is C24H28N4O6S2. The van der Waals surface area contributed by atoms with Crippen molar-refractivity contribution in [3.8, 4) is 0 Å². The maximum Gasteiger partial charge on any atom is 0.279 e. The Morgan fingerprint density at radius 3 is 2.64 bits per heavy atom. The molecule has 1 unspecified atom stereocenters. The monoisotopic (exact) mass is 532 g/mol. The molecule has 1 aromatic heterocycles. The summed E-state index contributed by atoms with van der Waals surface area (Å²) in [4.78, 5) is 28.6. The Kier molecular flexibility index (Phi) is 7.98. The third-order valence-electron chi connectivity index (χ3n) is 6.19. The van der Waals surface area contributed by atoms with Gasteiger partial charge in [0.05, 0.1) is 26.6 Å². The molecule has 0 radical (unpaired) electrons. The van der Waals surface area contributed by atoms with Crippen LogP contribution in [-0.2, 0) is 21.3 Å². The van der Waals surface area contributed by atoms with Crippen molar-refractivity contribution in [3.63, 3.8) is 0 Å². The summed E-state index contributed by atoms with van der Waals surface area (Å²) in [6, 6.07) is 10.3. The zero-order valence-corrected chi connectivity index (χ0v) is 21.8. The number of thiazole rings is 1.